The van der Waals surface area contributed by atoms with Gasteiger partial charge in [-0.3, -0.25) is 4.79 Å². The van der Waals surface area contributed by atoms with Crippen molar-refractivity contribution in [1.29, 1.82) is 0 Å². The Labute approximate surface area is 140 Å². The Bertz CT molecular complexity index is 778. The number of carbonyl (C=O) groups excluding carboxylic acids is 2. The van der Waals surface area contributed by atoms with E-state index >= 15 is 0 Å². The van der Waals surface area contributed by atoms with Crippen molar-refractivity contribution in [1.82, 2.24) is 4.98 Å². The summed E-state index contributed by atoms with van der Waals surface area (Å²) in [6.07, 6.45) is -4.81. The smallest absolute Gasteiger partial charge is 0.437 e. The summed E-state index contributed by atoms with van der Waals surface area (Å²) in [6.45, 7) is 0. The van der Waals surface area contributed by atoms with Crippen molar-refractivity contribution < 1.29 is 32.2 Å². The molecule has 0 unspecified atom stereocenters. The van der Waals surface area contributed by atoms with Crippen molar-refractivity contribution in [3.05, 3.63) is 53.7 Å². The van der Waals surface area contributed by atoms with Gasteiger partial charge in [-0.2, -0.15) is 13.2 Å². The number of benzene rings is 1. The number of anilines is 1. The summed E-state index contributed by atoms with van der Waals surface area (Å²) in [4.78, 5) is 27.0. The van der Waals surface area contributed by atoms with E-state index in [0.717, 1.165) is 13.2 Å². The lowest BCUT2D eigenvalue weighted by atomic mass is 10.0. The maximum absolute atomic E-state index is 13.0. The Morgan fingerprint density at radius 2 is 1.88 bits per heavy atom. The molecule has 1 aromatic heterocycles. The second-order valence-electron chi connectivity index (χ2n) is 4.79. The second-order valence-corrected chi connectivity index (χ2v) is 4.79. The van der Waals surface area contributed by atoms with E-state index in [2.05, 4.69) is 15.0 Å². The number of methoxy groups -OCH3 is 1. The number of halogens is 3. The van der Waals surface area contributed by atoms with Crippen LogP contribution in [0.3, 0.4) is 0 Å². The van der Waals surface area contributed by atoms with Crippen LogP contribution in [0.5, 0.6) is 5.88 Å². The molecule has 0 saturated heterocycles. The molecular formula is C16H13F3N2O4. The summed E-state index contributed by atoms with van der Waals surface area (Å²) in [5, 5.41) is 2.37. The number of alkyl halides is 3. The molecule has 0 spiro atoms. The molecule has 2 rings (SSSR count). The number of hydrogen-bond acceptors (Lipinski definition) is 5. The SMILES string of the molecule is COC(=O)Oc1ncccc1NC(=O)Cc1ccccc1C(F)(F)F. The number of nitrogens with one attached hydrogen (secondary N) is 1. The van der Waals surface area contributed by atoms with Gasteiger partial charge in [0.25, 0.3) is 0 Å². The average molecular weight is 354 g/mol. The fourth-order valence-electron chi connectivity index (χ4n) is 2.01. The minimum atomic E-state index is -4.57. The van der Waals surface area contributed by atoms with Crippen LogP contribution in [0.25, 0.3) is 0 Å². The Morgan fingerprint density at radius 1 is 1.16 bits per heavy atom. The fourth-order valence-corrected chi connectivity index (χ4v) is 2.01. The lowest BCUT2D eigenvalue weighted by Gasteiger charge is -2.13. The van der Waals surface area contributed by atoms with E-state index in [1.54, 1.807) is 0 Å². The summed E-state index contributed by atoms with van der Waals surface area (Å²) >= 11 is 0. The van der Waals surface area contributed by atoms with E-state index in [-0.39, 0.29) is 17.1 Å². The molecule has 1 heterocycles. The molecule has 6 nitrogen and oxygen atoms in total. The topological polar surface area (TPSA) is 77.5 Å². The van der Waals surface area contributed by atoms with Crippen LogP contribution in [0.2, 0.25) is 0 Å². The first-order valence-electron chi connectivity index (χ1n) is 6.97. The lowest BCUT2D eigenvalue weighted by molar-refractivity contribution is -0.138. The zero-order chi connectivity index (χ0) is 18.4. The Balaban J connectivity index is 2.16. The van der Waals surface area contributed by atoms with Crippen LogP contribution in [-0.2, 0) is 22.1 Å². The van der Waals surface area contributed by atoms with Gasteiger partial charge in [-0.05, 0) is 23.8 Å². The van der Waals surface area contributed by atoms with Crippen molar-refractivity contribution in [2.24, 2.45) is 0 Å². The van der Waals surface area contributed by atoms with E-state index in [9.17, 15) is 22.8 Å². The summed E-state index contributed by atoms with van der Waals surface area (Å²) in [5.41, 5.74) is -1.03. The van der Waals surface area contributed by atoms with Crippen LogP contribution in [0, 0.1) is 0 Å². The molecule has 0 saturated carbocycles. The molecule has 25 heavy (non-hydrogen) atoms. The maximum Gasteiger partial charge on any atom is 0.514 e. The van der Waals surface area contributed by atoms with Gasteiger partial charge in [0.15, 0.2) is 0 Å². The zero-order valence-corrected chi connectivity index (χ0v) is 13.0. The molecule has 0 aliphatic carbocycles. The molecule has 2 aromatic rings. The van der Waals surface area contributed by atoms with Crippen molar-refractivity contribution in [2.75, 3.05) is 12.4 Å². The fraction of sp³-hybridized carbons (Fsp3) is 0.188. The Morgan fingerprint density at radius 3 is 2.56 bits per heavy atom. The van der Waals surface area contributed by atoms with E-state index in [1.807, 2.05) is 0 Å². The molecular weight excluding hydrogens is 341 g/mol. The van der Waals surface area contributed by atoms with Crippen LogP contribution in [0.4, 0.5) is 23.7 Å². The first-order valence-corrected chi connectivity index (χ1v) is 6.97. The number of rotatable bonds is 4. The molecule has 0 aliphatic rings. The predicted molar refractivity (Wildman–Crippen MR) is 81.0 cm³/mol. The highest BCUT2D eigenvalue weighted by molar-refractivity contribution is 5.93. The largest absolute Gasteiger partial charge is 0.514 e. The van der Waals surface area contributed by atoms with Gasteiger partial charge in [-0.1, -0.05) is 18.2 Å². The monoisotopic (exact) mass is 354 g/mol. The number of carbonyl (C=O) groups is 2. The summed E-state index contributed by atoms with van der Waals surface area (Å²) in [7, 11) is 1.09. The van der Waals surface area contributed by atoms with Crippen LogP contribution >= 0.6 is 0 Å². The molecule has 1 N–H and O–H groups in total. The first kappa shape index (κ1) is 18.2. The molecule has 1 aromatic carbocycles. The summed E-state index contributed by atoms with van der Waals surface area (Å²) < 4.78 is 48.0. The summed E-state index contributed by atoms with van der Waals surface area (Å²) in [6, 6.07) is 7.62. The van der Waals surface area contributed by atoms with Gasteiger partial charge < -0.3 is 14.8 Å². The number of aromatic nitrogens is 1. The van der Waals surface area contributed by atoms with Crippen LogP contribution in [-0.4, -0.2) is 24.2 Å². The maximum atomic E-state index is 13.0. The molecule has 9 heteroatoms. The van der Waals surface area contributed by atoms with Gasteiger partial charge in [-0.15, -0.1) is 0 Å². The van der Waals surface area contributed by atoms with Crippen molar-refractivity contribution in [3.8, 4) is 5.88 Å². The number of amides is 1. The van der Waals surface area contributed by atoms with E-state index in [0.29, 0.717) is 0 Å². The third kappa shape index (κ3) is 4.93. The van der Waals surface area contributed by atoms with Gasteiger partial charge in [-0.25, -0.2) is 9.78 Å². The van der Waals surface area contributed by atoms with Crippen molar-refractivity contribution >= 4 is 17.7 Å². The standard InChI is InChI=1S/C16H13F3N2O4/c1-24-15(23)25-14-12(7-4-8-20-14)21-13(22)9-10-5-2-3-6-11(10)16(17,18)19/h2-8H,9H2,1H3,(H,21,22). The second kappa shape index (κ2) is 7.65. The third-order valence-corrected chi connectivity index (χ3v) is 3.07. The number of hydrogen-bond donors (Lipinski definition) is 1. The van der Waals surface area contributed by atoms with Crippen LogP contribution < -0.4 is 10.1 Å². The van der Waals surface area contributed by atoms with Crippen LogP contribution in [0.1, 0.15) is 11.1 Å². The lowest BCUT2D eigenvalue weighted by Crippen LogP contribution is -2.19. The molecule has 0 aliphatic heterocycles. The van der Waals surface area contributed by atoms with Gasteiger partial charge >= 0.3 is 12.3 Å². The molecule has 132 valence electrons. The normalized spacial score (nSPS) is 10.9. The molecule has 0 fully saturated rings. The van der Waals surface area contributed by atoms with E-state index < -0.39 is 30.2 Å². The summed E-state index contributed by atoms with van der Waals surface area (Å²) in [5.74, 6) is -0.953. The highest BCUT2D eigenvalue weighted by Crippen LogP contribution is 2.32. The average Bonchev–Trinajstić information content (AvgIpc) is 2.56. The van der Waals surface area contributed by atoms with Gasteiger partial charge in [0.1, 0.15) is 5.69 Å². The minimum absolute atomic E-state index is 0.0300. The number of pyridine rings is 1. The Kier molecular flexibility index (Phi) is 5.58. The molecule has 0 atom stereocenters. The van der Waals surface area contributed by atoms with Crippen LogP contribution in [0.15, 0.2) is 42.6 Å². The highest BCUT2D eigenvalue weighted by Gasteiger charge is 2.33. The van der Waals surface area contributed by atoms with Gasteiger partial charge in [0.2, 0.25) is 11.8 Å². The molecule has 0 radical (unpaired) electrons. The Hall–Kier alpha value is -3.10. The third-order valence-electron chi connectivity index (χ3n) is 3.07. The van der Waals surface area contributed by atoms with Crippen molar-refractivity contribution in [2.45, 2.75) is 12.6 Å². The quantitative estimate of drug-likeness (QED) is 0.851. The zero-order valence-electron chi connectivity index (χ0n) is 13.0. The number of ether oxygens (including phenoxy) is 2. The van der Waals surface area contributed by atoms with Crippen molar-refractivity contribution in [3.63, 3.8) is 0 Å². The molecule has 0 bridgehead atoms. The first-order chi connectivity index (χ1) is 11.8. The minimum Gasteiger partial charge on any atom is -0.437 e. The van der Waals surface area contributed by atoms with E-state index in [4.69, 9.17) is 4.74 Å². The highest BCUT2D eigenvalue weighted by atomic mass is 19.4. The van der Waals surface area contributed by atoms with E-state index in [1.165, 1.54) is 36.5 Å². The van der Waals surface area contributed by atoms with Gasteiger partial charge in [0, 0.05) is 6.20 Å². The number of nitrogens with zero attached hydrogens (tertiary/aromatic N) is 1. The predicted octanol–water partition coefficient (Wildman–Crippen LogP) is 3.43. The molecule has 1 amide bonds. The van der Waals surface area contributed by atoms with Gasteiger partial charge in [0.05, 0.1) is 19.1 Å².